The summed E-state index contributed by atoms with van der Waals surface area (Å²) in [6.07, 6.45) is 4.42. The lowest BCUT2D eigenvalue weighted by Gasteiger charge is -2.33. The fourth-order valence-corrected chi connectivity index (χ4v) is 4.59. The minimum absolute atomic E-state index is 0.327. The number of H-pyrrole nitrogens is 1. The summed E-state index contributed by atoms with van der Waals surface area (Å²) in [5, 5.41) is 7.69. The predicted molar refractivity (Wildman–Crippen MR) is 105 cm³/mol. The van der Waals surface area contributed by atoms with Crippen molar-refractivity contribution in [3.05, 3.63) is 41.2 Å². The fraction of sp³-hybridized carbons (Fsp3) is 0.571. The highest BCUT2D eigenvalue weighted by Crippen LogP contribution is 2.37. The monoisotopic (exact) mass is 384 g/mol. The molecule has 1 aromatic carbocycles. The van der Waals surface area contributed by atoms with Crippen LogP contribution in [0.4, 0.5) is 0 Å². The van der Waals surface area contributed by atoms with Gasteiger partial charge in [-0.3, -0.25) is 14.9 Å². The van der Waals surface area contributed by atoms with Gasteiger partial charge in [0.25, 0.3) is 0 Å². The largest absolute Gasteiger partial charge is 0.454 e. The van der Waals surface area contributed by atoms with E-state index in [0.717, 1.165) is 64.0 Å². The van der Waals surface area contributed by atoms with Crippen LogP contribution >= 0.6 is 0 Å². The molecule has 2 fully saturated rings. The number of piperidine rings is 1. The number of rotatable bonds is 5. The molecule has 4 heterocycles. The van der Waals surface area contributed by atoms with Crippen LogP contribution in [0.2, 0.25) is 0 Å². The second-order valence-corrected chi connectivity index (χ2v) is 7.92. The second kappa shape index (κ2) is 8.11. The van der Waals surface area contributed by atoms with E-state index in [-0.39, 0.29) is 0 Å². The summed E-state index contributed by atoms with van der Waals surface area (Å²) < 4.78 is 16.7. The van der Waals surface area contributed by atoms with E-state index in [9.17, 15) is 0 Å². The van der Waals surface area contributed by atoms with Crippen molar-refractivity contribution in [3.8, 4) is 11.5 Å². The molecule has 7 heteroatoms. The second-order valence-electron chi connectivity index (χ2n) is 7.92. The van der Waals surface area contributed by atoms with E-state index >= 15 is 0 Å². The van der Waals surface area contributed by atoms with E-state index < -0.39 is 0 Å². The molecular formula is C21H28N4O3. The Balaban J connectivity index is 1.26. The van der Waals surface area contributed by atoms with Crippen LogP contribution in [0.15, 0.2) is 24.4 Å². The van der Waals surface area contributed by atoms with Gasteiger partial charge in [-0.1, -0.05) is 12.1 Å². The van der Waals surface area contributed by atoms with Gasteiger partial charge in [0.1, 0.15) is 0 Å². The number of ether oxygens (including phenoxy) is 3. The molecule has 7 nitrogen and oxygen atoms in total. The van der Waals surface area contributed by atoms with Gasteiger partial charge in [-0.25, -0.2) is 0 Å². The zero-order valence-corrected chi connectivity index (χ0v) is 16.2. The van der Waals surface area contributed by atoms with Gasteiger partial charge >= 0.3 is 0 Å². The Bertz CT molecular complexity index is 803. The molecule has 2 saturated heterocycles. The zero-order valence-electron chi connectivity index (χ0n) is 16.2. The third-order valence-electron chi connectivity index (χ3n) is 6.03. The first-order chi connectivity index (χ1) is 13.9. The van der Waals surface area contributed by atoms with Gasteiger partial charge in [-0.2, -0.15) is 5.10 Å². The van der Waals surface area contributed by atoms with Crippen molar-refractivity contribution in [3.63, 3.8) is 0 Å². The smallest absolute Gasteiger partial charge is 0.231 e. The molecule has 0 bridgehead atoms. The lowest BCUT2D eigenvalue weighted by atomic mass is 9.92. The summed E-state index contributed by atoms with van der Waals surface area (Å²) in [7, 11) is 0. The fourth-order valence-electron chi connectivity index (χ4n) is 4.59. The average Bonchev–Trinajstić information content (AvgIpc) is 3.39. The van der Waals surface area contributed by atoms with E-state index in [0.29, 0.717) is 12.7 Å². The number of aromatic amines is 1. The van der Waals surface area contributed by atoms with Gasteiger partial charge in [0.2, 0.25) is 6.79 Å². The Hall–Kier alpha value is -2.09. The number of fused-ring (bicyclic) bond motifs is 1. The molecule has 2 aromatic rings. The number of nitrogens with zero attached hydrogens (tertiary/aromatic N) is 3. The SMILES string of the molecule is c1cc(CN2CCCC(c3[nH]ncc3CN3CCOCC3)C2)c2c(c1)OCO2. The van der Waals surface area contributed by atoms with Gasteiger partial charge < -0.3 is 14.2 Å². The Labute approximate surface area is 165 Å². The summed E-state index contributed by atoms with van der Waals surface area (Å²) in [6.45, 7) is 8.02. The Kier molecular flexibility index (Phi) is 5.20. The number of para-hydroxylation sites is 1. The summed E-state index contributed by atoms with van der Waals surface area (Å²) >= 11 is 0. The number of hydrogen-bond acceptors (Lipinski definition) is 6. The van der Waals surface area contributed by atoms with E-state index in [1.54, 1.807) is 0 Å². The number of likely N-dealkylation sites (tertiary alicyclic amines) is 1. The molecule has 28 heavy (non-hydrogen) atoms. The number of benzene rings is 1. The summed E-state index contributed by atoms with van der Waals surface area (Å²) in [5.41, 5.74) is 3.87. The third kappa shape index (κ3) is 3.74. The molecule has 5 rings (SSSR count). The normalized spacial score (nSPS) is 23.2. The first-order valence-corrected chi connectivity index (χ1v) is 10.3. The van der Waals surface area contributed by atoms with Crippen molar-refractivity contribution in [1.82, 2.24) is 20.0 Å². The quantitative estimate of drug-likeness (QED) is 0.854. The van der Waals surface area contributed by atoms with E-state index in [1.807, 2.05) is 12.3 Å². The number of nitrogens with one attached hydrogen (secondary N) is 1. The van der Waals surface area contributed by atoms with Crippen LogP contribution in [-0.4, -0.2) is 66.2 Å². The number of aromatic nitrogens is 2. The number of morpholine rings is 1. The lowest BCUT2D eigenvalue weighted by molar-refractivity contribution is 0.0339. The Morgan fingerprint density at radius 2 is 1.93 bits per heavy atom. The van der Waals surface area contributed by atoms with E-state index in [1.165, 1.54) is 29.7 Å². The van der Waals surface area contributed by atoms with Crippen LogP contribution in [0.5, 0.6) is 11.5 Å². The molecule has 1 unspecified atom stereocenters. The van der Waals surface area contributed by atoms with Crippen LogP contribution < -0.4 is 9.47 Å². The van der Waals surface area contributed by atoms with Crippen LogP contribution in [-0.2, 0) is 17.8 Å². The van der Waals surface area contributed by atoms with E-state index in [4.69, 9.17) is 14.2 Å². The topological polar surface area (TPSA) is 62.9 Å². The van der Waals surface area contributed by atoms with Crippen molar-refractivity contribution < 1.29 is 14.2 Å². The molecule has 0 aliphatic carbocycles. The van der Waals surface area contributed by atoms with Crippen molar-refractivity contribution >= 4 is 0 Å². The first-order valence-electron chi connectivity index (χ1n) is 10.3. The first kappa shape index (κ1) is 18.0. The molecule has 0 saturated carbocycles. The molecule has 1 aromatic heterocycles. The molecule has 0 spiro atoms. The maximum Gasteiger partial charge on any atom is 0.231 e. The molecule has 0 radical (unpaired) electrons. The van der Waals surface area contributed by atoms with Crippen molar-refractivity contribution in [2.75, 3.05) is 46.2 Å². The summed E-state index contributed by atoms with van der Waals surface area (Å²) in [6, 6.07) is 6.18. The maximum absolute atomic E-state index is 5.69. The molecule has 1 atom stereocenters. The highest BCUT2D eigenvalue weighted by Gasteiger charge is 2.27. The van der Waals surface area contributed by atoms with Crippen molar-refractivity contribution in [1.29, 1.82) is 0 Å². The minimum Gasteiger partial charge on any atom is -0.454 e. The Morgan fingerprint density at radius 1 is 1.04 bits per heavy atom. The summed E-state index contributed by atoms with van der Waals surface area (Å²) in [4.78, 5) is 4.99. The molecule has 3 aliphatic heterocycles. The van der Waals surface area contributed by atoms with Crippen LogP contribution in [0.3, 0.4) is 0 Å². The van der Waals surface area contributed by atoms with E-state index in [2.05, 4.69) is 32.1 Å². The van der Waals surface area contributed by atoms with Gasteiger partial charge in [0.05, 0.1) is 19.4 Å². The molecular weight excluding hydrogens is 356 g/mol. The van der Waals surface area contributed by atoms with Crippen molar-refractivity contribution in [2.45, 2.75) is 31.8 Å². The minimum atomic E-state index is 0.327. The predicted octanol–water partition coefficient (Wildman–Crippen LogP) is 2.35. The van der Waals surface area contributed by atoms with Gasteiger partial charge in [0.15, 0.2) is 11.5 Å². The van der Waals surface area contributed by atoms with Crippen LogP contribution in [0.1, 0.15) is 35.6 Å². The highest BCUT2D eigenvalue weighted by atomic mass is 16.7. The van der Waals surface area contributed by atoms with Gasteiger partial charge in [0, 0.05) is 55.5 Å². The molecule has 1 N–H and O–H groups in total. The van der Waals surface area contributed by atoms with Crippen LogP contribution in [0, 0.1) is 0 Å². The third-order valence-corrected chi connectivity index (χ3v) is 6.03. The van der Waals surface area contributed by atoms with Gasteiger partial charge in [-0.15, -0.1) is 0 Å². The van der Waals surface area contributed by atoms with Crippen molar-refractivity contribution in [2.24, 2.45) is 0 Å². The standard InChI is InChI=1S/C21H28N4O3/c1-3-17(21-19(5-1)27-15-28-21)13-25-6-2-4-16(12-25)20-18(11-22-23-20)14-24-7-9-26-10-8-24/h1,3,5,11,16H,2,4,6-10,12-15H2,(H,22,23). The number of hydrogen-bond donors (Lipinski definition) is 1. The maximum atomic E-state index is 5.69. The molecule has 0 amide bonds. The summed E-state index contributed by atoms with van der Waals surface area (Å²) in [5.74, 6) is 2.29. The highest BCUT2D eigenvalue weighted by molar-refractivity contribution is 5.48. The zero-order chi connectivity index (χ0) is 18.8. The molecule has 150 valence electrons. The van der Waals surface area contributed by atoms with Crippen LogP contribution in [0.25, 0.3) is 0 Å². The Morgan fingerprint density at radius 3 is 2.86 bits per heavy atom. The average molecular weight is 384 g/mol. The van der Waals surface area contributed by atoms with Gasteiger partial charge in [-0.05, 0) is 25.5 Å². The molecule has 3 aliphatic rings. The lowest BCUT2D eigenvalue weighted by Crippen LogP contribution is -2.37.